The summed E-state index contributed by atoms with van der Waals surface area (Å²) in [4.78, 5) is 20.5. The number of ether oxygens (including phenoxy) is 1. The number of amides is 1. The Bertz CT molecular complexity index is 1000. The van der Waals surface area contributed by atoms with Crippen LogP contribution in [0.3, 0.4) is 0 Å². The van der Waals surface area contributed by atoms with Crippen LogP contribution in [0.15, 0.2) is 36.5 Å². The summed E-state index contributed by atoms with van der Waals surface area (Å²) in [5.41, 5.74) is 3.37. The van der Waals surface area contributed by atoms with Crippen LogP contribution in [-0.2, 0) is 0 Å². The molecule has 6 nitrogen and oxygen atoms in total. The maximum absolute atomic E-state index is 13.6. The molecule has 7 heteroatoms. The molecule has 140 valence electrons. The van der Waals surface area contributed by atoms with Crippen molar-refractivity contribution in [2.24, 2.45) is 0 Å². The second-order valence-electron chi connectivity index (χ2n) is 6.76. The maximum Gasteiger partial charge on any atom is 0.407 e. The number of nitrogens with one attached hydrogen (secondary N) is 1. The molecule has 1 aliphatic heterocycles. The number of aromatic nitrogens is 2. The third-order valence-corrected chi connectivity index (χ3v) is 5.14. The highest BCUT2D eigenvalue weighted by Gasteiger charge is 2.26. The molecular formula is C20H20FN3O3. The Labute approximate surface area is 155 Å². The molecule has 1 aliphatic rings. The number of H-pyrrole nitrogens is 1. The lowest BCUT2D eigenvalue weighted by molar-refractivity contribution is 0.130. The Morgan fingerprint density at radius 1 is 1.33 bits per heavy atom. The fourth-order valence-electron chi connectivity index (χ4n) is 3.79. The molecule has 2 aromatic heterocycles. The summed E-state index contributed by atoms with van der Waals surface area (Å²) < 4.78 is 18.9. The monoisotopic (exact) mass is 369 g/mol. The van der Waals surface area contributed by atoms with E-state index in [9.17, 15) is 14.3 Å². The van der Waals surface area contributed by atoms with E-state index in [0.29, 0.717) is 18.8 Å². The van der Waals surface area contributed by atoms with E-state index >= 15 is 0 Å². The number of nitrogens with zero attached hydrogens (tertiary/aromatic N) is 2. The van der Waals surface area contributed by atoms with Crippen molar-refractivity contribution in [2.45, 2.75) is 18.8 Å². The summed E-state index contributed by atoms with van der Waals surface area (Å²) in [7, 11) is 1.52. The van der Waals surface area contributed by atoms with Crippen molar-refractivity contribution >= 4 is 17.1 Å². The molecule has 27 heavy (non-hydrogen) atoms. The van der Waals surface area contributed by atoms with Gasteiger partial charge in [-0.3, -0.25) is 0 Å². The first-order valence-electron chi connectivity index (χ1n) is 8.86. The van der Waals surface area contributed by atoms with Gasteiger partial charge in [0, 0.05) is 47.9 Å². The second kappa shape index (κ2) is 6.90. The van der Waals surface area contributed by atoms with E-state index in [2.05, 4.69) is 9.97 Å². The molecule has 1 aromatic carbocycles. The van der Waals surface area contributed by atoms with Crippen molar-refractivity contribution in [3.8, 4) is 16.9 Å². The minimum absolute atomic E-state index is 0.104. The number of benzene rings is 1. The topological polar surface area (TPSA) is 78.5 Å². The van der Waals surface area contributed by atoms with Crippen LogP contribution in [0, 0.1) is 5.82 Å². The molecule has 1 atom stereocenters. The molecule has 3 aromatic rings. The van der Waals surface area contributed by atoms with E-state index in [0.717, 1.165) is 40.7 Å². The number of fused-ring (bicyclic) bond motifs is 1. The number of piperidine rings is 1. The summed E-state index contributed by atoms with van der Waals surface area (Å²) >= 11 is 0. The molecule has 1 amide bonds. The summed E-state index contributed by atoms with van der Waals surface area (Å²) in [6.45, 7) is 1.04. The quantitative estimate of drug-likeness (QED) is 0.724. The number of carbonyl (C=O) groups is 1. The van der Waals surface area contributed by atoms with Crippen LogP contribution in [0.5, 0.6) is 5.75 Å². The predicted octanol–water partition coefficient (Wildman–Crippen LogP) is 4.24. The Morgan fingerprint density at radius 3 is 2.96 bits per heavy atom. The third kappa shape index (κ3) is 3.20. The van der Waals surface area contributed by atoms with Gasteiger partial charge in [-0.25, -0.2) is 14.2 Å². The minimum atomic E-state index is -0.884. The molecule has 1 saturated heterocycles. The first-order valence-corrected chi connectivity index (χ1v) is 8.86. The van der Waals surface area contributed by atoms with Gasteiger partial charge in [0.2, 0.25) is 0 Å². The first-order chi connectivity index (χ1) is 13.1. The summed E-state index contributed by atoms with van der Waals surface area (Å²) in [5.74, 6) is 0.207. The molecule has 0 saturated carbocycles. The molecule has 4 rings (SSSR count). The zero-order chi connectivity index (χ0) is 19.0. The van der Waals surface area contributed by atoms with Gasteiger partial charge in [-0.1, -0.05) is 0 Å². The van der Waals surface area contributed by atoms with Crippen molar-refractivity contribution in [3.63, 3.8) is 0 Å². The number of rotatable bonds is 3. The Kier molecular flexibility index (Phi) is 4.43. The van der Waals surface area contributed by atoms with Crippen molar-refractivity contribution < 1.29 is 19.0 Å². The molecule has 2 N–H and O–H groups in total. The Morgan fingerprint density at radius 2 is 2.19 bits per heavy atom. The normalized spacial score (nSPS) is 17.3. The van der Waals surface area contributed by atoms with Crippen LogP contribution in [0.2, 0.25) is 0 Å². The highest BCUT2D eigenvalue weighted by Crippen LogP contribution is 2.37. The van der Waals surface area contributed by atoms with Crippen molar-refractivity contribution in [1.82, 2.24) is 14.9 Å². The smallest absolute Gasteiger partial charge is 0.407 e. The van der Waals surface area contributed by atoms with Crippen LogP contribution >= 0.6 is 0 Å². The lowest BCUT2D eigenvalue weighted by Gasteiger charge is -2.30. The van der Waals surface area contributed by atoms with Crippen LogP contribution in [-0.4, -0.2) is 46.3 Å². The number of pyridine rings is 1. The lowest BCUT2D eigenvalue weighted by atomic mass is 9.94. The van der Waals surface area contributed by atoms with Crippen molar-refractivity contribution in [1.29, 1.82) is 0 Å². The van der Waals surface area contributed by atoms with E-state index in [1.54, 1.807) is 12.3 Å². The molecule has 0 radical (unpaired) electrons. The fourth-order valence-corrected chi connectivity index (χ4v) is 3.79. The SMILES string of the molecule is COc1cc(F)ccc1-c1ccnc2[nH]c(C3CCCN(C(=O)O)C3)cc12. The summed E-state index contributed by atoms with van der Waals surface area (Å²) in [5, 5.41) is 10.2. The van der Waals surface area contributed by atoms with Crippen molar-refractivity contribution in [3.05, 3.63) is 48.0 Å². The van der Waals surface area contributed by atoms with Gasteiger partial charge in [0.1, 0.15) is 17.2 Å². The molecule has 0 bridgehead atoms. The summed E-state index contributed by atoms with van der Waals surface area (Å²) in [6.07, 6.45) is 2.57. The van der Waals surface area contributed by atoms with E-state index in [1.807, 2.05) is 12.1 Å². The first kappa shape index (κ1) is 17.3. The van der Waals surface area contributed by atoms with E-state index in [4.69, 9.17) is 4.74 Å². The van der Waals surface area contributed by atoms with E-state index < -0.39 is 6.09 Å². The minimum Gasteiger partial charge on any atom is -0.496 e. The number of methoxy groups -OCH3 is 1. The number of aromatic amines is 1. The van der Waals surface area contributed by atoms with Crippen LogP contribution in [0.25, 0.3) is 22.2 Å². The van der Waals surface area contributed by atoms with Crippen LogP contribution in [0.4, 0.5) is 9.18 Å². The highest BCUT2D eigenvalue weighted by atomic mass is 19.1. The van der Waals surface area contributed by atoms with E-state index in [1.165, 1.54) is 24.1 Å². The summed E-state index contributed by atoms with van der Waals surface area (Å²) in [6, 6.07) is 8.36. The number of carboxylic acid groups (broad SMARTS) is 1. The fraction of sp³-hybridized carbons (Fsp3) is 0.300. The van der Waals surface area contributed by atoms with Gasteiger partial charge in [0.25, 0.3) is 0 Å². The average Bonchev–Trinajstić information content (AvgIpc) is 3.12. The van der Waals surface area contributed by atoms with Gasteiger partial charge in [0.05, 0.1) is 7.11 Å². The molecule has 1 fully saturated rings. The van der Waals surface area contributed by atoms with Gasteiger partial charge < -0.3 is 19.7 Å². The third-order valence-electron chi connectivity index (χ3n) is 5.14. The Balaban J connectivity index is 1.76. The molecule has 3 heterocycles. The molecule has 0 spiro atoms. The van der Waals surface area contributed by atoms with Crippen LogP contribution < -0.4 is 4.74 Å². The number of hydrogen-bond acceptors (Lipinski definition) is 3. The van der Waals surface area contributed by atoms with Gasteiger partial charge in [-0.15, -0.1) is 0 Å². The maximum atomic E-state index is 13.6. The number of likely N-dealkylation sites (tertiary alicyclic amines) is 1. The standard InChI is InChI=1S/C20H20FN3O3/c1-27-18-9-13(21)4-5-15(18)14-6-7-22-19-16(14)10-17(23-19)12-3-2-8-24(11-12)20(25)26/h4-7,9-10,12H,2-3,8,11H2,1H3,(H,22,23)(H,25,26). The Hall–Kier alpha value is -3.09. The van der Waals surface area contributed by atoms with Gasteiger partial charge in [-0.2, -0.15) is 0 Å². The largest absolute Gasteiger partial charge is 0.496 e. The number of halogens is 1. The number of hydrogen-bond donors (Lipinski definition) is 2. The zero-order valence-electron chi connectivity index (χ0n) is 14.9. The van der Waals surface area contributed by atoms with Gasteiger partial charge in [-0.05, 0) is 42.7 Å². The zero-order valence-corrected chi connectivity index (χ0v) is 14.9. The second-order valence-corrected chi connectivity index (χ2v) is 6.76. The molecular weight excluding hydrogens is 349 g/mol. The van der Waals surface area contributed by atoms with E-state index in [-0.39, 0.29) is 11.7 Å². The highest BCUT2D eigenvalue weighted by molar-refractivity contribution is 5.95. The van der Waals surface area contributed by atoms with Gasteiger partial charge >= 0.3 is 6.09 Å². The average molecular weight is 369 g/mol. The molecule has 1 unspecified atom stereocenters. The van der Waals surface area contributed by atoms with Gasteiger partial charge in [0.15, 0.2) is 0 Å². The predicted molar refractivity (Wildman–Crippen MR) is 99.6 cm³/mol. The molecule has 0 aliphatic carbocycles. The lowest BCUT2D eigenvalue weighted by Crippen LogP contribution is -2.38. The van der Waals surface area contributed by atoms with Crippen LogP contribution in [0.1, 0.15) is 24.5 Å². The van der Waals surface area contributed by atoms with Crippen molar-refractivity contribution in [2.75, 3.05) is 20.2 Å².